The molecule has 0 bridgehead atoms. The topological polar surface area (TPSA) is 42.2 Å². The predicted molar refractivity (Wildman–Crippen MR) is 121 cm³/mol. The van der Waals surface area contributed by atoms with E-state index in [0.29, 0.717) is 38.7 Å². The zero-order valence-electron chi connectivity index (χ0n) is 16.2. The summed E-state index contributed by atoms with van der Waals surface area (Å²) in [4.78, 5) is 0. The van der Waals surface area contributed by atoms with Gasteiger partial charge in [0.15, 0.2) is 11.5 Å². The van der Waals surface area contributed by atoms with E-state index in [-0.39, 0.29) is 12.4 Å². The summed E-state index contributed by atoms with van der Waals surface area (Å²) >= 11 is 9.77. The highest BCUT2D eigenvalue weighted by molar-refractivity contribution is 9.10. The normalized spacial score (nSPS) is 11.1. The smallest absolute Gasteiger partial charge is 0.175 e. The Bertz CT molecular complexity index is 1110. The SMILES string of the molecule is CCOc1cc(C=C(C#N)c2ccccc2Cl)cc(Br)c1OCc1ccc(F)cc1. The monoisotopic (exact) mass is 485 g/mol. The second kappa shape index (κ2) is 10.3. The molecular weight excluding hydrogens is 469 g/mol. The van der Waals surface area contributed by atoms with Gasteiger partial charge in [-0.25, -0.2) is 4.39 Å². The summed E-state index contributed by atoms with van der Waals surface area (Å²) in [5, 5.41) is 10.1. The molecule has 0 aliphatic carbocycles. The number of hydrogen-bond donors (Lipinski definition) is 0. The van der Waals surface area contributed by atoms with E-state index in [2.05, 4.69) is 22.0 Å². The molecule has 0 radical (unpaired) electrons. The third-order valence-corrected chi connectivity index (χ3v) is 5.14. The first-order chi connectivity index (χ1) is 14.5. The van der Waals surface area contributed by atoms with Crippen LogP contribution in [0.4, 0.5) is 4.39 Å². The van der Waals surface area contributed by atoms with Gasteiger partial charge in [0.1, 0.15) is 12.4 Å². The zero-order valence-corrected chi connectivity index (χ0v) is 18.5. The fraction of sp³-hybridized carbons (Fsp3) is 0.125. The molecule has 3 nitrogen and oxygen atoms in total. The van der Waals surface area contributed by atoms with Crippen molar-refractivity contribution in [2.24, 2.45) is 0 Å². The van der Waals surface area contributed by atoms with E-state index >= 15 is 0 Å². The fourth-order valence-corrected chi connectivity index (χ4v) is 3.64. The van der Waals surface area contributed by atoms with Gasteiger partial charge in [-0.2, -0.15) is 5.26 Å². The van der Waals surface area contributed by atoms with Gasteiger partial charge < -0.3 is 9.47 Å². The van der Waals surface area contributed by atoms with Gasteiger partial charge in [-0.3, -0.25) is 0 Å². The first-order valence-electron chi connectivity index (χ1n) is 9.22. The van der Waals surface area contributed by atoms with Crippen molar-refractivity contribution < 1.29 is 13.9 Å². The molecule has 152 valence electrons. The number of benzene rings is 3. The second-order valence-corrected chi connectivity index (χ2v) is 7.59. The molecule has 0 saturated carbocycles. The zero-order chi connectivity index (χ0) is 21.5. The first kappa shape index (κ1) is 21.9. The maximum atomic E-state index is 13.1. The van der Waals surface area contributed by atoms with Gasteiger partial charge in [-0.1, -0.05) is 41.9 Å². The van der Waals surface area contributed by atoms with Gasteiger partial charge in [-0.05, 0) is 70.4 Å². The number of halogens is 3. The molecule has 0 fully saturated rings. The van der Waals surface area contributed by atoms with Crippen molar-refractivity contribution in [2.45, 2.75) is 13.5 Å². The molecule has 0 unspecified atom stereocenters. The van der Waals surface area contributed by atoms with Gasteiger partial charge in [-0.15, -0.1) is 0 Å². The largest absolute Gasteiger partial charge is 0.490 e. The summed E-state index contributed by atoms with van der Waals surface area (Å²) in [5.41, 5.74) is 2.69. The van der Waals surface area contributed by atoms with Gasteiger partial charge in [0.2, 0.25) is 0 Å². The van der Waals surface area contributed by atoms with E-state index in [9.17, 15) is 9.65 Å². The van der Waals surface area contributed by atoms with Gasteiger partial charge >= 0.3 is 0 Å². The minimum atomic E-state index is -0.294. The molecule has 3 aromatic rings. The first-order valence-corrected chi connectivity index (χ1v) is 10.4. The van der Waals surface area contributed by atoms with Crippen LogP contribution in [0.3, 0.4) is 0 Å². The maximum Gasteiger partial charge on any atom is 0.175 e. The van der Waals surface area contributed by atoms with Crippen molar-refractivity contribution in [3.8, 4) is 17.6 Å². The Morgan fingerprint density at radius 1 is 1.13 bits per heavy atom. The minimum Gasteiger partial charge on any atom is -0.490 e. The van der Waals surface area contributed by atoms with Crippen molar-refractivity contribution in [1.82, 2.24) is 0 Å². The molecule has 0 aliphatic heterocycles. The Hall–Kier alpha value is -2.81. The Morgan fingerprint density at radius 2 is 1.87 bits per heavy atom. The van der Waals surface area contributed by atoms with Gasteiger partial charge in [0.05, 0.1) is 22.7 Å². The summed E-state index contributed by atoms with van der Waals surface area (Å²) < 4.78 is 25.5. The molecular formula is C24H18BrClFNO2. The molecule has 0 saturated heterocycles. The lowest BCUT2D eigenvalue weighted by Crippen LogP contribution is -2.01. The highest BCUT2D eigenvalue weighted by Gasteiger charge is 2.13. The predicted octanol–water partition coefficient (Wildman–Crippen LogP) is 7.28. The van der Waals surface area contributed by atoms with Crippen LogP contribution in [-0.2, 0) is 6.61 Å². The average Bonchev–Trinajstić information content (AvgIpc) is 2.73. The Kier molecular flexibility index (Phi) is 7.51. The van der Waals surface area contributed by atoms with Crippen LogP contribution in [0.25, 0.3) is 11.6 Å². The molecule has 0 amide bonds. The number of nitriles is 1. The van der Waals surface area contributed by atoms with Gasteiger partial charge in [0, 0.05) is 10.6 Å². The number of allylic oxidation sites excluding steroid dienone is 1. The highest BCUT2D eigenvalue weighted by atomic mass is 79.9. The van der Waals surface area contributed by atoms with Crippen LogP contribution in [0.2, 0.25) is 5.02 Å². The van der Waals surface area contributed by atoms with E-state index < -0.39 is 0 Å². The van der Waals surface area contributed by atoms with Crippen molar-refractivity contribution in [2.75, 3.05) is 6.61 Å². The lowest BCUT2D eigenvalue weighted by atomic mass is 10.0. The van der Waals surface area contributed by atoms with E-state index in [4.69, 9.17) is 21.1 Å². The Morgan fingerprint density at radius 3 is 2.53 bits per heavy atom. The molecule has 0 heterocycles. The minimum absolute atomic E-state index is 0.261. The fourth-order valence-electron chi connectivity index (χ4n) is 2.83. The van der Waals surface area contributed by atoms with Gasteiger partial charge in [0.25, 0.3) is 0 Å². The number of nitrogens with zero attached hydrogens (tertiary/aromatic N) is 1. The van der Waals surface area contributed by atoms with Crippen LogP contribution in [0.1, 0.15) is 23.6 Å². The molecule has 6 heteroatoms. The van der Waals surface area contributed by atoms with Crippen molar-refractivity contribution in [3.05, 3.63) is 92.7 Å². The summed E-state index contributed by atoms with van der Waals surface area (Å²) in [6, 6.07) is 19.2. The lowest BCUT2D eigenvalue weighted by molar-refractivity contribution is 0.267. The average molecular weight is 487 g/mol. The molecule has 30 heavy (non-hydrogen) atoms. The third-order valence-electron chi connectivity index (χ3n) is 4.22. The van der Waals surface area contributed by atoms with Crippen molar-refractivity contribution in [1.29, 1.82) is 5.26 Å². The number of ether oxygens (including phenoxy) is 2. The van der Waals surface area contributed by atoms with Crippen molar-refractivity contribution in [3.63, 3.8) is 0 Å². The molecule has 3 rings (SSSR count). The summed E-state index contributed by atoms with van der Waals surface area (Å²) in [6.45, 7) is 2.59. The summed E-state index contributed by atoms with van der Waals surface area (Å²) in [6.07, 6.45) is 1.75. The molecule has 3 aromatic carbocycles. The third kappa shape index (κ3) is 5.41. The number of rotatable bonds is 7. The molecule has 0 atom stereocenters. The Labute approximate surface area is 188 Å². The Balaban J connectivity index is 1.93. The molecule has 0 spiro atoms. The molecule has 0 aliphatic rings. The lowest BCUT2D eigenvalue weighted by Gasteiger charge is -2.15. The van der Waals surface area contributed by atoms with E-state index in [1.165, 1.54) is 12.1 Å². The molecule has 0 N–H and O–H groups in total. The van der Waals surface area contributed by atoms with Crippen LogP contribution >= 0.6 is 27.5 Å². The van der Waals surface area contributed by atoms with Crippen LogP contribution < -0.4 is 9.47 Å². The van der Waals surface area contributed by atoms with E-state index in [0.717, 1.165) is 11.1 Å². The van der Waals surface area contributed by atoms with Crippen LogP contribution in [0.15, 0.2) is 65.1 Å². The maximum absolute atomic E-state index is 13.1. The van der Waals surface area contributed by atoms with Crippen molar-refractivity contribution >= 4 is 39.2 Å². The van der Waals surface area contributed by atoms with E-state index in [1.54, 1.807) is 30.3 Å². The summed E-state index contributed by atoms with van der Waals surface area (Å²) in [7, 11) is 0. The van der Waals surface area contributed by atoms with E-state index in [1.807, 2.05) is 31.2 Å². The second-order valence-electron chi connectivity index (χ2n) is 6.33. The number of hydrogen-bond acceptors (Lipinski definition) is 3. The van der Waals surface area contributed by atoms with Crippen LogP contribution in [-0.4, -0.2) is 6.61 Å². The quantitative estimate of drug-likeness (QED) is 0.260. The standard InChI is InChI=1S/C24H18BrClFNO2/c1-2-29-23-13-17(11-18(14-28)20-5-3-4-6-22(20)26)12-21(25)24(23)30-15-16-7-9-19(27)10-8-16/h3-13H,2,15H2,1H3. The van der Waals surface area contributed by atoms with Crippen LogP contribution in [0, 0.1) is 17.1 Å². The van der Waals surface area contributed by atoms with Crippen LogP contribution in [0.5, 0.6) is 11.5 Å². The highest BCUT2D eigenvalue weighted by Crippen LogP contribution is 2.38. The molecule has 0 aromatic heterocycles. The summed E-state index contributed by atoms with van der Waals surface area (Å²) in [5.74, 6) is 0.782.